The number of urea groups is 1. The highest BCUT2D eigenvalue weighted by atomic mass is 16.3. The topological polar surface area (TPSA) is 79.2 Å². The zero-order valence-corrected chi connectivity index (χ0v) is 11.4. The highest BCUT2D eigenvalue weighted by Crippen LogP contribution is 2.14. The maximum Gasteiger partial charge on any atom is 0.315 e. The van der Waals surface area contributed by atoms with Crippen molar-refractivity contribution in [3.05, 3.63) is 18.0 Å². The van der Waals surface area contributed by atoms with E-state index in [0.717, 1.165) is 5.69 Å². The molecule has 1 atom stereocenters. The molecule has 1 aromatic heterocycles. The summed E-state index contributed by atoms with van der Waals surface area (Å²) in [7, 11) is 1.82. The van der Waals surface area contributed by atoms with Crippen LogP contribution in [0.2, 0.25) is 0 Å². The van der Waals surface area contributed by atoms with E-state index in [-0.39, 0.29) is 18.5 Å². The van der Waals surface area contributed by atoms with Gasteiger partial charge in [-0.2, -0.15) is 5.10 Å². The number of hydrogen-bond acceptors (Lipinski definition) is 3. The summed E-state index contributed by atoms with van der Waals surface area (Å²) in [6.07, 6.45) is 1.68. The van der Waals surface area contributed by atoms with Crippen molar-refractivity contribution in [2.75, 3.05) is 6.54 Å². The Hall–Kier alpha value is -1.56. The molecule has 1 unspecified atom stereocenters. The molecule has 1 heterocycles. The zero-order valence-electron chi connectivity index (χ0n) is 11.4. The van der Waals surface area contributed by atoms with Gasteiger partial charge in [-0.3, -0.25) is 4.68 Å². The molecule has 0 saturated heterocycles. The summed E-state index contributed by atoms with van der Waals surface area (Å²) in [4.78, 5) is 11.6. The molecule has 2 amide bonds. The van der Waals surface area contributed by atoms with Gasteiger partial charge in [0.05, 0.1) is 17.8 Å². The molecule has 18 heavy (non-hydrogen) atoms. The molecule has 0 fully saturated rings. The number of amides is 2. The number of nitrogens with one attached hydrogen (secondary N) is 2. The number of aromatic nitrogens is 2. The lowest BCUT2D eigenvalue weighted by Gasteiger charge is -2.27. The Morgan fingerprint density at radius 1 is 1.56 bits per heavy atom. The predicted octanol–water partition coefficient (Wildman–Crippen LogP) is 0.626. The predicted molar refractivity (Wildman–Crippen MR) is 68.9 cm³/mol. The SMILES string of the molecule is CC(C)C(C)(O)CNC(=O)NCc1ccnn1C. The molecule has 0 radical (unpaired) electrons. The van der Waals surface area contributed by atoms with Crippen molar-refractivity contribution in [1.29, 1.82) is 0 Å². The maximum atomic E-state index is 11.6. The summed E-state index contributed by atoms with van der Waals surface area (Å²) in [6, 6.07) is 1.54. The Morgan fingerprint density at radius 3 is 2.72 bits per heavy atom. The van der Waals surface area contributed by atoms with E-state index in [4.69, 9.17) is 0 Å². The quantitative estimate of drug-likeness (QED) is 0.721. The zero-order chi connectivity index (χ0) is 13.8. The average Bonchev–Trinajstić information content (AvgIpc) is 2.69. The first-order chi connectivity index (χ1) is 8.33. The first-order valence-corrected chi connectivity index (χ1v) is 6.04. The van der Waals surface area contributed by atoms with Gasteiger partial charge in [-0.1, -0.05) is 13.8 Å². The van der Waals surface area contributed by atoms with Gasteiger partial charge in [-0.05, 0) is 18.9 Å². The maximum absolute atomic E-state index is 11.6. The third-order valence-corrected chi connectivity index (χ3v) is 3.20. The van der Waals surface area contributed by atoms with E-state index in [0.29, 0.717) is 6.54 Å². The van der Waals surface area contributed by atoms with Gasteiger partial charge in [0.25, 0.3) is 0 Å². The Morgan fingerprint density at radius 2 is 2.22 bits per heavy atom. The van der Waals surface area contributed by atoms with Crippen LogP contribution in [-0.4, -0.2) is 33.1 Å². The molecule has 0 aliphatic carbocycles. The van der Waals surface area contributed by atoms with E-state index in [9.17, 15) is 9.90 Å². The van der Waals surface area contributed by atoms with Crippen LogP contribution in [0.25, 0.3) is 0 Å². The van der Waals surface area contributed by atoms with Gasteiger partial charge >= 0.3 is 6.03 Å². The number of hydrogen-bond donors (Lipinski definition) is 3. The minimum absolute atomic E-state index is 0.0786. The van der Waals surface area contributed by atoms with Gasteiger partial charge in [0.2, 0.25) is 0 Å². The van der Waals surface area contributed by atoms with Crippen LogP contribution >= 0.6 is 0 Å². The van der Waals surface area contributed by atoms with Crippen LogP contribution < -0.4 is 10.6 Å². The van der Waals surface area contributed by atoms with Crippen LogP contribution in [0, 0.1) is 5.92 Å². The molecule has 3 N–H and O–H groups in total. The van der Waals surface area contributed by atoms with Crippen molar-refractivity contribution in [2.24, 2.45) is 13.0 Å². The third-order valence-electron chi connectivity index (χ3n) is 3.20. The van der Waals surface area contributed by atoms with Gasteiger partial charge in [0.1, 0.15) is 0 Å². The number of aryl methyl sites for hydroxylation is 1. The van der Waals surface area contributed by atoms with Gasteiger partial charge in [0.15, 0.2) is 0 Å². The van der Waals surface area contributed by atoms with Crippen molar-refractivity contribution in [3.8, 4) is 0 Å². The van der Waals surface area contributed by atoms with Crippen molar-refractivity contribution in [3.63, 3.8) is 0 Å². The first kappa shape index (κ1) is 14.5. The van der Waals surface area contributed by atoms with Crippen LogP contribution in [0.4, 0.5) is 4.79 Å². The minimum atomic E-state index is -0.899. The molecule has 1 aromatic rings. The largest absolute Gasteiger partial charge is 0.388 e. The van der Waals surface area contributed by atoms with Crippen LogP contribution in [0.5, 0.6) is 0 Å². The molecule has 6 heteroatoms. The van der Waals surface area contributed by atoms with Gasteiger partial charge < -0.3 is 15.7 Å². The van der Waals surface area contributed by atoms with Crippen molar-refractivity contribution in [1.82, 2.24) is 20.4 Å². The lowest BCUT2D eigenvalue weighted by molar-refractivity contribution is 0.0166. The first-order valence-electron chi connectivity index (χ1n) is 6.04. The van der Waals surface area contributed by atoms with Crippen molar-refractivity contribution >= 4 is 6.03 Å². The van der Waals surface area contributed by atoms with E-state index in [1.807, 2.05) is 27.0 Å². The van der Waals surface area contributed by atoms with E-state index in [2.05, 4.69) is 15.7 Å². The second-order valence-corrected chi connectivity index (χ2v) is 4.99. The number of carbonyl (C=O) groups excluding carboxylic acids is 1. The van der Waals surface area contributed by atoms with Crippen molar-refractivity contribution in [2.45, 2.75) is 32.9 Å². The standard InChI is InChI=1S/C12H22N4O2/c1-9(2)12(3,18)8-14-11(17)13-7-10-5-6-15-16(10)4/h5-6,9,18H,7-8H2,1-4H3,(H2,13,14,17). The molecule has 1 rings (SSSR count). The molecule has 102 valence electrons. The van der Waals surface area contributed by atoms with E-state index >= 15 is 0 Å². The molecule has 6 nitrogen and oxygen atoms in total. The summed E-state index contributed by atoms with van der Waals surface area (Å²) in [6.45, 7) is 6.16. The number of nitrogens with zero attached hydrogens (tertiary/aromatic N) is 2. The fourth-order valence-electron chi connectivity index (χ4n) is 1.27. The molecule has 0 aliphatic rings. The fourth-order valence-corrected chi connectivity index (χ4v) is 1.27. The summed E-state index contributed by atoms with van der Waals surface area (Å²) in [5.41, 5.74) is 0.0184. The second-order valence-electron chi connectivity index (χ2n) is 4.99. The molecule has 0 aliphatic heterocycles. The molecule has 0 spiro atoms. The molecule has 0 saturated carbocycles. The Labute approximate surface area is 107 Å². The van der Waals surface area contributed by atoms with Gasteiger partial charge in [-0.25, -0.2) is 4.79 Å². The minimum Gasteiger partial charge on any atom is -0.388 e. The van der Waals surface area contributed by atoms with Gasteiger partial charge in [0, 0.05) is 19.8 Å². The fraction of sp³-hybridized carbons (Fsp3) is 0.667. The second kappa shape index (κ2) is 5.86. The Balaban J connectivity index is 2.33. The van der Waals surface area contributed by atoms with E-state index < -0.39 is 5.60 Å². The Kier molecular flexibility index (Phi) is 4.72. The molecular weight excluding hydrogens is 232 g/mol. The van der Waals surface area contributed by atoms with Crippen molar-refractivity contribution < 1.29 is 9.90 Å². The number of rotatable bonds is 5. The molecule has 0 aromatic carbocycles. The van der Waals surface area contributed by atoms with E-state index in [1.54, 1.807) is 17.8 Å². The number of carbonyl (C=O) groups is 1. The normalized spacial score (nSPS) is 14.3. The Bertz CT molecular complexity index is 399. The number of aliphatic hydroxyl groups is 1. The lowest BCUT2D eigenvalue weighted by Crippen LogP contribution is -2.47. The molecule has 0 bridgehead atoms. The van der Waals surface area contributed by atoms with E-state index in [1.165, 1.54) is 0 Å². The summed E-state index contributed by atoms with van der Waals surface area (Å²) >= 11 is 0. The third kappa shape index (κ3) is 4.03. The average molecular weight is 254 g/mol. The lowest BCUT2D eigenvalue weighted by atomic mass is 9.93. The summed E-state index contributed by atoms with van der Waals surface area (Å²) in [5, 5.41) is 19.4. The highest BCUT2D eigenvalue weighted by Gasteiger charge is 2.25. The van der Waals surface area contributed by atoms with Crippen LogP contribution in [-0.2, 0) is 13.6 Å². The smallest absolute Gasteiger partial charge is 0.315 e. The van der Waals surface area contributed by atoms with Gasteiger partial charge in [-0.15, -0.1) is 0 Å². The van der Waals surface area contributed by atoms with Crippen LogP contribution in [0.15, 0.2) is 12.3 Å². The monoisotopic (exact) mass is 254 g/mol. The summed E-state index contributed by atoms with van der Waals surface area (Å²) in [5.74, 6) is 0.0786. The highest BCUT2D eigenvalue weighted by molar-refractivity contribution is 5.73. The molecular formula is C12H22N4O2. The van der Waals surface area contributed by atoms with Crippen LogP contribution in [0.3, 0.4) is 0 Å². The summed E-state index contributed by atoms with van der Waals surface area (Å²) < 4.78 is 1.70. The van der Waals surface area contributed by atoms with Crippen LogP contribution in [0.1, 0.15) is 26.5 Å².